The molecule has 0 N–H and O–H groups in total. The summed E-state index contributed by atoms with van der Waals surface area (Å²) in [5, 5.41) is 10.3. The highest BCUT2D eigenvalue weighted by Crippen LogP contribution is 2.29. The number of hydrogen-bond acceptors (Lipinski definition) is 2. The van der Waals surface area contributed by atoms with Gasteiger partial charge in [-0.25, -0.2) is 0 Å². The van der Waals surface area contributed by atoms with Gasteiger partial charge in [-0.05, 0) is 17.7 Å². The summed E-state index contributed by atoms with van der Waals surface area (Å²) in [6.07, 6.45) is -3.35. The van der Waals surface area contributed by atoms with E-state index in [-0.39, 0.29) is 11.3 Å². The van der Waals surface area contributed by atoms with Gasteiger partial charge in [0.15, 0.2) is 0 Å². The number of alkyl halides is 3. The molecule has 0 spiro atoms. The van der Waals surface area contributed by atoms with E-state index in [0.29, 0.717) is 0 Å². The molecule has 0 aromatic heterocycles. The summed E-state index contributed by atoms with van der Waals surface area (Å²) in [6, 6.07) is 4.37. The molecular weight excluding hydrogens is 223 g/mol. The summed E-state index contributed by atoms with van der Waals surface area (Å²) in [5.41, 5.74) is -0.874. The van der Waals surface area contributed by atoms with Gasteiger partial charge in [0.25, 0.3) is 0 Å². The monoisotopic (exact) mass is 231 g/mol. The second kappa shape index (κ2) is 4.34. The van der Waals surface area contributed by atoms with Crippen molar-refractivity contribution >= 4 is 6.08 Å². The molecule has 0 aliphatic carbocycles. The van der Waals surface area contributed by atoms with Crippen LogP contribution in [0.2, 0.25) is 0 Å². The smallest absolute Gasteiger partial charge is 0.259 e. The molecule has 0 radical (unpaired) electrons. The lowest BCUT2D eigenvalue weighted by atomic mass is 10.1. The first-order chi connectivity index (χ1) is 7.30. The quantitative estimate of drug-likeness (QED) is 0.578. The van der Waals surface area contributed by atoms with Crippen LogP contribution in [0.1, 0.15) is 18.1 Å². The van der Waals surface area contributed by atoms with Crippen molar-refractivity contribution in [2.24, 2.45) is 0 Å². The van der Waals surface area contributed by atoms with Gasteiger partial charge in [0.1, 0.15) is 0 Å². The van der Waals surface area contributed by atoms with Crippen molar-refractivity contribution in [1.29, 1.82) is 0 Å². The van der Waals surface area contributed by atoms with E-state index in [1.165, 1.54) is 19.1 Å². The van der Waals surface area contributed by atoms with Crippen molar-refractivity contribution in [3.8, 4) is 0 Å². The summed E-state index contributed by atoms with van der Waals surface area (Å²) < 4.78 is 36.9. The SMILES string of the molecule is C/C(=C/c1cccc(C(F)(F)F)c1)[N+](=O)[O-]. The Kier molecular flexibility index (Phi) is 3.31. The minimum Gasteiger partial charge on any atom is -0.259 e. The average molecular weight is 231 g/mol. The van der Waals surface area contributed by atoms with Gasteiger partial charge in [-0.3, -0.25) is 10.1 Å². The molecule has 0 saturated heterocycles. The molecule has 3 nitrogen and oxygen atoms in total. The molecule has 0 bridgehead atoms. The molecule has 0 fully saturated rings. The zero-order valence-corrected chi connectivity index (χ0v) is 8.28. The molecule has 0 atom stereocenters. The molecule has 6 heteroatoms. The predicted molar refractivity (Wildman–Crippen MR) is 52.1 cm³/mol. The number of rotatable bonds is 2. The summed E-state index contributed by atoms with van der Waals surface area (Å²) in [6.45, 7) is 1.22. The second-order valence-electron chi connectivity index (χ2n) is 3.17. The number of halogens is 3. The fourth-order valence-corrected chi connectivity index (χ4v) is 1.10. The van der Waals surface area contributed by atoms with Gasteiger partial charge in [-0.15, -0.1) is 0 Å². The molecule has 0 amide bonds. The van der Waals surface area contributed by atoms with E-state index in [9.17, 15) is 23.3 Å². The lowest BCUT2D eigenvalue weighted by Crippen LogP contribution is -2.04. The van der Waals surface area contributed by atoms with Crippen LogP contribution in [0.15, 0.2) is 30.0 Å². The Morgan fingerprint density at radius 3 is 2.56 bits per heavy atom. The Hall–Kier alpha value is -1.85. The summed E-state index contributed by atoms with van der Waals surface area (Å²) in [5.74, 6) is 0. The van der Waals surface area contributed by atoms with Crippen molar-refractivity contribution in [3.63, 3.8) is 0 Å². The molecule has 1 rings (SSSR count). The van der Waals surface area contributed by atoms with Crippen LogP contribution in [0.3, 0.4) is 0 Å². The van der Waals surface area contributed by atoms with E-state index in [1.807, 2.05) is 0 Å². The van der Waals surface area contributed by atoms with E-state index in [1.54, 1.807) is 0 Å². The van der Waals surface area contributed by atoms with Gasteiger partial charge in [0.05, 0.1) is 10.5 Å². The van der Waals surface area contributed by atoms with Crippen LogP contribution in [0.5, 0.6) is 0 Å². The molecular formula is C10H8F3NO2. The van der Waals surface area contributed by atoms with Gasteiger partial charge in [-0.2, -0.15) is 13.2 Å². The van der Waals surface area contributed by atoms with E-state index in [0.717, 1.165) is 18.2 Å². The first-order valence-electron chi connectivity index (χ1n) is 4.30. The first-order valence-corrected chi connectivity index (χ1v) is 4.30. The normalized spacial score (nSPS) is 12.6. The van der Waals surface area contributed by atoms with Gasteiger partial charge in [0.2, 0.25) is 5.70 Å². The fraction of sp³-hybridized carbons (Fsp3) is 0.200. The molecule has 0 aliphatic rings. The highest BCUT2D eigenvalue weighted by Gasteiger charge is 2.30. The van der Waals surface area contributed by atoms with Crippen LogP contribution in [0.4, 0.5) is 13.2 Å². The molecule has 86 valence electrons. The third kappa shape index (κ3) is 3.08. The molecule has 0 heterocycles. The van der Waals surface area contributed by atoms with Crippen molar-refractivity contribution in [2.75, 3.05) is 0 Å². The Bertz CT molecular complexity index is 438. The standard InChI is InChI=1S/C10H8F3NO2/c1-7(14(15)16)5-8-3-2-4-9(6-8)10(11,12)13/h2-6H,1H3/b7-5-. The molecule has 0 saturated carbocycles. The van der Waals surface area contributed by atoms with Crippen LogP contribution in [0.25, 0.3) is 6.08 Å². The number of nitrogens with zero attached hydrogens (tertiary/aromatic N) is 1. The summed E-state index contributed by atoms with van der Waals surface area (Å²) in [4.78, 5) is 9.65. The van der Waals surface area contributed by atoms with Crippen molar-refractivity contribution in [3.05, 3.63) is 51.2 Å². The van der Waals surface area contributed by atoms with E-state index >= 15 is 0 Å². The average Bonchev–Trinajstić information content (AvgIpc) is 2.16. The minimum absolute atomic E-state index is 0.157. The van der Waals surface area contributed by atoms with E-state index < -0.39 is 16.7 Å². The number of hydrogen-bond donors (Lipinski definition) is 0. The maximum Gasteiger partial charge on any atom is 0.416 e. The molecule has 1 aromatic carbocycles. The second-order valence-corrected chi connectivity index (χ2v) is 3.17. The third-order valence-corrected chi connectivity index (χ3v) is 1.88. The Morgan fingerprint density at radius 2 is 2.06 bits per heavy atom. The summed E-state index contributed by atoms with van der Waals surface area (Å²) in [7, 11) is 0. The lowest BCUT2D eigenvalue weighted by molar-refractivity contribution is -0.422. The Balaban J connectivity index is 3.09. The van der Waals surface area contributed by atoms with Crippen LogP contribution < -0.4 is 0 Å². The molecule has 0 unspecified atom stereocenters. The lowest BCUT2D eigenvalue weighted by Gasteiger charge is -2.06. The van der Waals surface area contributed by atoms with E-state index in [2.05, 4.69) is 0 Å². The van der Waals surface area contributed by atoms with Gasteiger partial charge < -0.3 is 0 Å². The van der Waals surface area contributed by atoms with Gasteiger partial charge in [-0.1, -0.05) is 12.1 Å². The predicted octanol–water partition coefficient (Wildman–Crippen LogP) is 3.34. The van der Waals surface area contributed by atoms with Crippen molar-refractivity contribution in [1.82, 2.24) is 0 Å². The van der Waals surface area contributed by atoms with Crippen molar-refractivity contribution in [2.45, 2.75) is 13.1 Å². The van der Waals surface area contributed by atoms with Crippen LogP contribution in [-0.4, -0.2) is 4.92 Å². The topological polar surface area (TPSA) is 43.1 Å². The number of nitro groups is 1. The number of benzene rings is 1. The largest absolute Gasteiger partial charge is 0.416 e. The summed E-state index contributed by atoms with van der Waals surface area (Å²) >= 11 is 0. The van der Waals surface area contributed by atoms with E-state index in [4.69, 9.17) is 0 Å². The Labute approximate surface area is 89.4 Å². The molecule has 16 heavy (non-hydrogen) atoms. The van der Waals surface area contributed by atoms with Gasteiger partial charge >= 0.3 is 6.18 Å². The van der Waals surface area contributed by atoms with Crippen molar-refractivity contribution < 1.29 is 18.1 Å². The fourth-order valence-electron chi connectivity index (χ4n) is 1.10. The zero-order chi connectivity index (χ0) is 12.3. The third-order valence-electron chi connectivity index (χ3n) is 1.88. The van der Waals surface area contributed by atoms with Gasteiger partial charge in [0, 0.05) is 13.0 Å². The first kappa shape index (κ1) is 12.2. The maximum atomic E-state index is 12.3. The maximum absolute atomic E-state index is 12.3. The zero-order valence-electron chi connectivity index (χ0n) is 8.28. The number of allylic oxidation sites excluding steroid dienone is 1. The van der Waals surface area contributed by atoms with Crippen LogP contribution in [-0.2, 0) is 6.18 Å². The highest BCUT2D eigenvalue weighted by atomic mass is 19.4. The van der Waals surface area contributed by atoms with Crippen LogP contribution >= 0.6 is 0 Å². The van der Waals surface area contributed by atoms with Crippen LogP contribution in [0, 0.1) is 10.1 Å². The molecule has 1 aromatic rings. The Morgan fingerprint density at radius 1 is 1.44 bits per heavy atom. The highest BCUT2D eigenvalue weighted by molar-refractivity contribution is 5.51. The minimum atomic E-state index is -4.44. The molecule has 0 aliphatic heterocycles.